The number of benzene rings is 1. The molecule has 2 rings (SSSR count). The van der Waals surface area contributed by atoms with Crippen molar-refractivity contribution < 1.29 is 22.4 Å². The Bertz CT molecular complexity index is 788. The lowest BCUT2D eigenvalue weighted by Gasteiger charge is -2.31. The molecule has 1 aliphatic heterocycles. The van der Waals surface area contributed by atoms with Crippen molar-refractivity contribution in [2.75, 3.05) is 19.6 Å². The van der Waals surface area contributed by atoms with Gasteiger partial charge in [-0.2, -0.15) is 4.31 Å². The Balaban J connectivity index is 1.97. The summed E-state index contributed by atoms with van der Waals surface area (Å²) in [7, 11) is -3.79. The predicted molar refractivity (Wildman–Crippen MR) is 98.8 cm³/mol. The van der Waals surface area contributed by atoms with Gasteiger partial charge in [-0.05, 0) is 57.9 Å². The van der Waals surface area contributed by atoms with Gasteiger partial charge in [-0.15, -0.1) is 0 Å². The van der Waals surface area contributed by atoms with Crippen LogP contribution in [0, 0.1) is 11.7 Å². The lowest BCUT2D eigenvalue weighted by molar-refractivity contribution is -0.129. The summed E-state index contributed by atoms with van der Waals surface area (Å²) in [6.45, 7) is 5.70. The highest BCUT2D eigenvalue weighted by Gasteiger charge is 2.33. The largest absolute Gasteiger partial charge is 0.350 e. The lowest BCUT2D eigenvalue weighted by Crippen LogP contribution is -2.49. The third-order valence-corrected chi connectivity index (χ3v) is 6.02. The van der Waals surface area contributed by atoms with Gasteiger partial charge in [0.15, 0.2) is 0 Å². The summed E-state index contributed by atoms with van der Waals surface area (Å²) in [5, 5.41) is 5.32. The summed E-state index contributed by atoms with van der Waals surface area (Å²) in [4.78, 5) is 24.2. The summed E-state index contributed by atoms with van der Waals surface area (Å²) < 4.78 is 39.7. The number of carbonyl (C=O) groups is 2. The molecule has 0 saturated carbocycles. The molecule has 1 aromatic carbocycles. The van der Waals surface area contributed by atoms with Gasteiger partial charge in [-0.25, -0.2) is 12.8 Å². The summed E-state index contributed by atoms with van der Waals surface area (Å²) in [6, 6.07) is 4.61. The second kappa shape index (κ2) is 8.35. The maximum atomic E-state index is 13.0. The van der Waals surface area contributed by atoms with Gasteiger partial charge in [0.25, 0.3) is 0 Å². The first-order chi connectivity index (χ1) is 12.5. The molecular weight excluding hydrogens is 373 g/mol. The Hall–Kier alpha value is -2.00. The molecule has 1 saturated heterocycles. The Morgan fingerprint density at radius 1 is 1.22 bits per heavy atom. The van der Waals surface area contributed by atoms with Crippen molar-refractivity contribution in [2.24, 2.45) is 5.92 Å². The van der Waals surface area contributed by atoms with E-state index >= 15 is 0 Å². The van der Waals surface area contributed by atoms with E-state index in [9.17, 15) is 22.4 Å². The number of piperidine rings is 1. The van der Waals surface area contributed by atoms with E-state index < -0.39 is 27.3 Å². The highest BCUT2D eigenvalue weighted by atomic mass is 32.2. The van der Waals surface area contributed by atoms with Crippen LogP contribution in [0.2, 0.25) is 0 Å². The van der Waals surface area contributed by atoms with Gasteiger partial charge in [0.05, 0.1) is 17.4 Å². The third kappa shape index (κ3) is 6.00. The standard InChI is InChI=1S/C18H26FN3O4S/c1-18(2,3)21-16(23)11-20-17(24)13-5-4-10-22(12-13)27(25,26)15-8-6-14(19)7-9-15/h6-9,13H,4-5,10-12H2,1-3H3,(H,20,24)(H,21,23)/t13-/m0/s1. The highest BCUT2D eigenvalue weighted by molar-refractivity contribution is 7.89. The van der Waals surface area contributed by atoms with Gasteiger partial charge in [0.1, 0.15) is 5.82 Å². The topological polar surface area (TPSA) is 95.6 Å². The average Bonchev–Trinajstić information content (AvgIpc) is 2.58. The molecule has 0 unspecified atom stereocenters. The number of carbonyl (C=O) groups excluding carboxylic acids is 2. The second-order valence-electron chi connectivity index (χ2n) is 7.67. The highest BCUT2D eigenvalue weighted by Crippen LogP contribution is 2.24. The van der Waals surface area contributed by atoms with Crippen molar-refractivity contribution in [2.45, 2.75) is 44.0 Å². The van der Waals surface area contributed by atoms with Crippen molar-refractivity contribution in [3.05, 3.63) is 30.1 Å². The molecule has 9 heteroatoms. The first-order valence-corrected chi connectivity index (χ1v) is 10.3. The van der Waals surface area contributed by atoms with E-state index in [1.807, 2.05) is 20.8 Å². The molecule has 0 bridgehead atoms. The van der Waals surface area contributed by atoms with E-state index in [4.69, 9.17) is 0 Å². The Morgan fingerprint density at radius 2 is 1.85 bits per heavy atom. The van der Waals surface area contributed by atoms with Crippen molar-refractivity contribution in [1.29, 1.82) is 0 Å². The molecule has 1 aromatic rings. The first kappa shape index (κ1) is 21.3. The van der Waals surface area contributed by atoms with Crippen LogP contribution in [0.5, 0.6) is 0 Å². The quantitative estimate of drug-likeness (QED) is 0.779. The Morgan fingerprint density at radius 3 is 2.44 bits per heavy atom. The number of halogens is 1. The van der Waals surface area contributed by atoms with Crippen molar-refractivity contribution in [3.63, 3.8) is 0 Å². The zero-order valence-electron chi connectivity index (χ0n) is 15.8. The maximum absolute atomic E-state index is 13.0. The van der Waals surface area contributed by atoms with Gasteiger partial charge in [-0.1, -0.05) is 0 Å². The fourth-order valence-corrected chi connectivity index (χ4v) is 4.43. The molecule has 0 aliphatic carbocycles. The molecule has 0 aromatic heterocycles. The summed E-state index contributed by atoms with van der Waals surface area (Å²) >= 11 is 0. The maximum Gasteiger partial charge on any atom is 0.243 e. The van der Waals surface area contributed by atoms with Crippen LogP contribution < -0.4 is 10.6 Å². The number of nitrogens with zero attached hydrogens (tertiary/aromatic N) is 1. The average molecular weight is 399 g/mol. The Kier molecular flexibility index (Phi) is 6.59. The molecule has 0 radical (unpaired) electrons. The molecule has 1 heterocycles. The number of amides is 2. The van der Waals surface area contributed by atoms with Crippen molar-refractivity contribution in [3.8, 4) is 0 Å². The van der Waals surface area contributed by atoms with Crippen LogP contribution in [0.25, 0.3) is 0 Å². The fraction of sp³-hybridized carbons (Fsp3) is 0.556. The molecule has 1 fully saturated rings. The van der Waals surface area contributed by atoms with Crippen molar-refractivity contribution in [1.82, 2.24) is 14.9 Å². The predicted octanol–water partition coefficient (Wildman–Crippen LogP) is 1.26. The molecule has 0 spiro atoms. The number of sulfonamides is 1. The number of hydrogen-bond donors (Lipinski definition) is 2. The second-order valence-corrected chi connectivity index (χ2v) is 9.61. The van der Waals surface area contributed by atoms with Crippen LogP contribution in [0.1, 0.15) is 33.6 Å². The van der Waals surface area contributed by atoms with Gasteiger partial charge in [0, 0.05) is 18.6 Å². The number of rotatable bonds is 5. The lowest BCUT2D eigenvalue weighted by atomic mass is 9.99. The number of hydrogen-bond acceptors (Lipinski definition) is 4. The molecular formula is C18H26FN3O4S. The van der Waals surface area contributed by atoms with Crippen LogP contribution in [0.3, 0.4) is 0 Å². The first-order valence-electron chi connectivity index (χ1n) is 8.83. The van der Waals surface area contributed by atoms with Crippen LogP contribution in [-0.2, 0) is 19.6 Å². The normalized spacial score (nSPS) is 18.7. The van der Waals surface area contributed by atoms with E-state index in [-0.39, 0.29) is 29.8 Å². The molecule has 2 amide bonds. The van der Waals surface area contributed by atoms with Crippen LogP contribution >= 0.6 is 0 Å². The van der Waals surface area contributed by atoms with E-state index in [2.05, 4.69) is 10.6 Å². The summed E-state index contributed by atoms with van der Waals surface area (Å²) in [5.74, 6) is -1.70. The van der Waals surface area contributed by atoms with E-state index in [0.29, 0.717) is 19.4 Å². The minimum atomic E-state index is -3.79. The van der Waals surface area contributed by atoms with E-state index in [1.165, 1.54) is 16.4 Å². The van der Waals surface area contributed by atoms with Gasteiger partial charge in [0.2, 0.25) is 21.8 Å². The van der Waals surface area contributed by atoms with Crippen LogP contribution in [0.4, 0.5) is 4.39 Å². The van der Waals surface area contributed by atoms with Gasteiger partial charge >= 0.3 is 0 Å². The molecule has 7 nitrogen and oxygen atoms in total. The number of nitrogens with one attached hydrogen (secondary N) is 2. The zero-order valence-corrected chi connectivity index (χ0v) is 16.6. The fourth-order valence-electron chi connectivity index (χ4n) is 2.90. The van der Waals surface area contributed by atoms with Crippen molar-refractivity contribution >= 4 is 21.8 Å². The summed E-state index contributed by atoms with van der Waals surface area (Å²) in [6.07, 6.45) is 1.08. The molecule has 27 heavy (non-hydrogen) atoms. The third-order valence-electron chi connectivity index (χ3n) is 4.14. The van der Waals surface area contributed by atoms with Crippen LogP contribution in [-0.4, -0.2) is 49.7 Å². The van der Waals surface area contributed by atoms with E-state index in [0.717, 1.165) is 12.1 Å². The molecule has 1 aliphatic rings. The molecule has 2 N–H and O–H groups in total. The SMILES string of the molecule is CC(C)(C)NC(=O)CNC(=O)[C@H]1CCCN(S(=O)(=O)c2ccc(F)cc2)C1. The van der Waals surface area contributed by atoms with Gasteiger partial charge < -0.3 is 10.6 Å². The smallest absolute Gasteiger partial charge is 0.243 e. The summed E-state index contributed by atoms with van der Waals surface area (Å²) in [5.41, 5.74) is -0.396. The zero-order chi connectivity index (χ0) is 20.2. The monoisotopic (exact) mass is 399 g/mol. The van der Waals surface area contributed by atoms with Gasteiger partial charge in [-0.3, -0.25) is 9.59 Å². The molecule has 150 valence electrons. The van der Waals surface area contributed by atoms with Crippen LogP contribution in [0.15, 0.2) is 29.2 Å². The minimum Gasteiger partial charge on any atom is -0.350 e. The Labute approximate surface area is 159 Å². The molecule has 1 atom stereocenters. The minimum absolute atomic E-state index is 0.00508. The van der Waals surface area contributed by atoms with E-state index in [1.54, 1.807) is 0 Å².